The number of hydrogen-bond acceptors (Lipinski definition) is 11. The van der Waals surface area contributed by atoms with Crippen molar-refractivity contribution in [2.24, 2.45) is 20.5 Å². The molecule has 0 unspecified atom stereocenters. The number of rotatable bonds is 6. The molecule has 0 bridgehead atoms. The van der Waals surface area contributed by atoms with Gasteiger partial charge in [-0.3, -0.25) is 0 Å². The van der Waals surface area contributed by atoms with Crippen molar-refractivity contribution in [2.45, 2.75) is 23.6 Å². The van der Waals surface area contributed by atoms with Crippen molar-refractivity contribution >= 4 is 70.2 Å². The Morgan fingerprint density at radius 2 is 1.09 bits per heavy atom. The van der Waals surface area contributed by atoms with E-state index in [0.717, 1.165) is 22.9 Å². The predicted molar refractivity (Wildman–Crippen MR) is 153 cm³/mol. The van der Waals surface area contributed by atoms with Crippen LogP contribution in [0.15, 0.2) is 109 Å². The van der Waals surface area contributed by atoms with E-state index < -0.39 is 30.0 Å². The van der Waals surface area contributed by atoms with Gasteiger partial charge >= 0.3 is 59.1 Å². The van der Waals surface area contributed by atoms with Crippen LogP contribution in [0.2, 0.25) is 0 Å². The number of benzene rings is 5. The molecule has 0 aromatic heterocycles. The van der Waals surface area contributed by atoms with E-state index in [9.17, 15) is 25.9 Å². The maximum absolute atomic E-state index is 11.9. The van der Waals surface area contributed by atoms with Crippen LogP contribution in [0.3, 0.4) is 0 Å². The smallest absolute Gasteiger partial charge is 0.744 e. The molecule has 0 aliphatic heterocycles. The number of fused-ring (bicyclic) bond motifs is 2. The number of hydrogen-bond donors (Lipinski definition) is 1. The van der Waals surface area contributed by atoms with Crippen LogP contribution in [0.1, 0.15) is 11.1 Å². The molecule has 11 nitrogen and oxygen atoms in total. The standard InChI is InChI=1S/C28H23N5O6S2.2Na/c1-16-13-26(33-31-24-11-10-23(29)19-6-3-4-7-20(19)24)17(2)12-25(16)32-30-18-14-22-21(28(15-18)41(37,38)39)8-5-9-27(22)40(34,35)36;;/h3-15H,29H2,1-2H3,(H,34,35,36)(H,37,38,39);;/q;2*+1/p-2. The van der Waals surface area contributed by atoms with E-state index in [1.54, 1.807) is 38.1 Å². The Morgan fingerprint density at radius 1 is 0.558 bits per heavy atom. The second kappa shape index (κ2) is 13.6. The van der Waals surface area contributed by atoms with E-state index >= 15 is 0 Å². The average Bonchev–Trinajstić information content (AvgIpc) is 2.91. The fourth-order valence-electron chi connectivity index (χ4n) is 4.41. The molecular formula is C28H21N5Na2O6S2. The van der Waals surface area contributed by atoms with E-state index in [1.165, 1.54) is 18.2 Å². The molecule has 43 heavy (non-hydrogen) atoms. The van der Waals surface area contributed by atoms with E-state index in [4.69, 9.17) is 5.73 Å². The van der Waals surface area contributed by atoms with E-state index in [-0.39, 0.29) is 75.6 Å². The molecule has 5 aromatic rings. The molecular weight excluding hydrogens is 612 g/mol. The topological polar surface area (TPSA) is 190 Å². The monoisotopic (exact) mass is 633 g/mol. The van der Waals surface area contributed by atoms with Gasteiger partial charge in [-0.2, -0.15) is 15.3 Å². The summed E-state index contributed by atoms with van der Waals surface area (Å²) in [5.74, 6) is 0. The van der Waals surface area contributed by atoms with E-state index in [0.29, 0.717) is 33.9 Å². The third-order valence-corrected chi connectivity index (χ3v) is 8.20. The van der Waals surface area contributed by atoms with Crippen molar-refractivity contribution < 1.29 is 85.1 Å². The van der Waals surface area contributed by atoms with Crippen molar-refractivity contribution in [2.75, 3.05) is 5.73 Å². The van der Waals surface area contributed by atoms with E-state index in [1.807, 2.05) is 24.3 Å². The van der Waals surface area contributed by atoms with Crippen LogP contribution in [0.25, 0.3) is 21.5 Å². The van der Waals surface area contributed by atoms with Gasteiger partial charge in [0.1, 0.15) is 20.2 Å². The Bertz CT molecular complexity index is 2160. The first-order valence-electron chi connectivity index (χ1n) is 12.0. The summed E-state index contributed by atoms with van der Waals surface area (Å²) < 4.78 is 71.2. The molecule has 5 aromatic carbocycles. The van der Waals surface area contributed by atoms with Crippen molar-refractivity contribution in [1.29, 1.82) is 0 Å². The maximum Gasteiger partial charge on any atom is 1.00 e. The summed E-state index contributed by atoms with van der Waals surface area (Å²) in [5, 5.41) is 18.3. The SMILES string of the molecule is Cc1cc(N=Nc2ccc(N)c3ccccc23)c(C)cc1N=Nc1cc(S(=O)(=O)[O-])c2cccc(S(=O)(=O)[O-])c2c1.[Na+].[Na+]. The first-order valence-corrected chi connectivity index (χ1v) is 14.8. The molecule has 0 aliphatic rings. The number of aryl methyl sites for hydroxylation is 2. The molecule has 2 N–H and O–H groups in total. The zero-order valence-corrected chi connectivity index (χ0v) is 29.3. The fraction of sp³-hybridized carbons (Fsp3) is 0.0714. The summed E-state index contributed by atoms with van der Waals surface area (Å²) in [7, 11) is -10.0. The molecule has 208 valence electrons. The average molecular weight is 634 g/mol. The number of nitrogens with two attached hydrogens (primary N) is 1. The minimum Gasteiger partial charge on any atom is -0.744 e. The van der Waals surface area contributed by atoms with Crippen molar-refractivity contribution in [1.82, 2.24) is 0 Å². The predicted octanol–water partition coefficient (Wildman–Crippen LogP) is 0.839. The van der Waals surface area contributed by atoms with Gasteiger partial charge < -0.3 is 14.8 Å². The van der Waals surface area contributed by atoms with Crippen LogP contribution in [-0.4, -0.2) is 25.9 Å². The van der Waals surface area contributed by atoms with Gasteiger partial charge in [-0.25, -0.2) is 16.8 Å². The number of anilines is 1. The van der Waals surface area contributed by atoms with Crippen LogP contribution < -0.4 is 64.8 Å². The summed E-state index contributed by atoms with van der Waals surface area (Å²) >= 11 is 0. The van der Waals surface area contributed by atoms with Crippen LogP contribution in [0.5, 0.6) is 0 Å². The van der Waals surface area contributed by atoms with Gasteiger partial charge in [0.15, 0.2) is 0 Å². The molecule has 0 aliphatic carbocycles. The van der Waals surface area contributed by atoms with Gasteiger partial charge in [0.25, 0.3) is 0 Å². The Labute approximate surface area is 292 Å². The summed E-state index contributed by atoms with van der Waals surface area (Å²) in [5.41, 5.74) is 9.60. The van der Waals surface area contributed by atoms with Gasteiger partial charge in [0.2, 0.25) is 0 Å². The Morgan fingerprint density at radius 3 is 1.70 bits per heavy atom. The number of nitrogen functional groups attached to an aromatic ring is 1. The van der Waals surface area contributed by atoms with Crippen molar-refractivity contribution in [3.05, 3.63) is 90.0 Å². The molecule has 0 amide bonds. The summed E-state index contributed by atoms with van der Waals surface area (Å²) in [6.07, 6.45) is 0. The Balaban J connectivity index is 0.00000253. The van der Waals surface area contributed by atoms with Crippen molar-refractivity contribution in [3.63, 3.8) is 0 Å². The second-order valence-corrected chi connectivity index (χ2v) is 11.9. The maximum atomic E-state index is 11.9. The first-order chi connectivity index (χ1) is 19.3. The Kier molecular flexibility index (Phi) is 11.1. The molecule has 0 saturated carbocycles. The minimum atomic E-state index is -5.04. The molecule has 0 fully saturated rings. The molecule has 15 heteroatoms. The van der Waals surface area contributed by atoms with Gasteiger partial charge in [0, 0.05) is 27.2 Å². The summed E-state index contributed by atoms with van der Waals surface area (Å²) in [4.78, 5) is -1.39. The molecule has 0 spiro atoms. The zero-order valence-electron chi connectivity index (χ0n) is 23.6. The molecule has 0 atom stereocenters. The third-order valence-electron chi connectivity index (χ3n) is 6.43. The third kappa shape index (κ3) is 7.57. The fourth-order valence-corrected chi connectivity index (χ4v) is 5.80. The van der Waals surface area contributed by atoms with Crippen LogP contribution in [-0.2, 0) is 20.2 Å². The van der Waals surface area contributed by atoms with Crippen LogP contribution in [0, 0.1) is 13.8 Å². The van der Waals surface area contributed by atoms with Crippen LogP contribution >= 0.6 is 0 Å². The molecule has 0 heterocycles. The molecule has 0 radical (unpaired) electrons. The largest absolute Gasteiger partial charge is 1.00 e. The van der Waals surface area contributed by atoms with Crippen LogP contribution in [0.4, 0.5) is 28.4 Å². The van der Waals surface area contributed by atoms with E-state index in [2.05, 4.69) is 20.5 Å². The van der Waals surface area contributed by atoms with Gasteiger partial charge in [-0.05, 0) is 67.4 Å². The Hall–Kier alpha value is -2.56. The number of azo groups is 2. The van der Waals surface area contributed by atoms with Crippen molar-refractivity contribution in [3.8, 4) is 0 Å². The summed E-state index contributed by atoms with van der Waals surface area (Å²) in [6, 6.07) is 20.2. The zero-order chi connectivity index (χ0) is 29.5. The molecule has 5 rings (SSSR count). The second-order valence-electron chi connectivity index (χ2n) is 9.25. The van der Waals surface area contributed by atoms with Gasteiger partial charge in [0.05, 0.1) is 32.5 Å². The van der Waals surface area contributed by atoms with Gasteiger partial charge in [-0.15, -0.1) is 5.11 Å². The normalized spacial score (nSPS) is 12.1. The summed E-state index contributed by atoms with van der Waals surface area (Å²) in [6.45, 7) is 3.57. The molecule has 0 saturated heterocycles. The quantitative estimate of drug-likeness (QED) is 0.124. The minimum absolute atomic E-state index is 0. The first kappa shape index (κ1) is 34.9. The number of nitrogens with zero attached hydrogens (tertiary/aromatic N) is 4. The van der Waals surface area contributed by atoms with Gasteiger partial charge in [-0.1, -0.05) is 36.4 Å².